The van der Waals surface area contributed by atoms with E-state index in [4.69, 9.17) is 5.73 Å². The molecule has 0 aliphatic heterocycles. The lowest BCUT2D eigenvalue weighted by molar-refractivity contribution is 0.444. The minimum Gasteiger partial charge on any atom is -0.382 e. The highest BCUT2D eigenvalue weighted by Gasteiger charge is 2.22. The Morgan fingerprint density at radius 1 is 1.45 bits per heavy atom. The van der Waals surface area contributed by atoms with Gasteiger partial charge in [0.2, 0.25) is 0 Å². The molecule has 1 saturated carbocycles. The van der Waals surface area contributed by atoms with E-state index in [9.17, 15) is 5.26 Å². The Morgan fingerprint density at radius 3 is 2.85 bits per heavy atom. The summed E-state index contributed by atoms with van der Waals surface area (Å²) >= 11 is 3.42. The van der Waals surface area contributed by atoms with Crippen LogP contribution < -0.4 is 11.1 Å². The molecule has 1 heterocycles. The molecule has 0 atom stereocenters. The van der Waals surface area contributed by atoms with Gasteiger partial charge in [-0.05, 0) is 37.5 Å². The van der Waals surface area contributed by atoms with Crippen LogP contribution in [-0.4, -0.2) is 15.8 Å². The first-order valence-electron chi connectivity index (χ1n) is 6.50. The number of rotatable bonds is 3. The summed E-state index contributed by atoms with van der Waals surface area (Å²) in [6, 6.07) is 10.2. The topological polar surface area (TPSA) is 79.7 Å². The van der Waals surface area contributed by atoms with Gasteiger partial charge in [0.1, 0.15) is 17.5 Å². The fourth-order valence-corrected chi connectivity index (χ4v) is 2.58. The van der Waals surface area contributed by atoms with Crippen molar-refractivity contribution in [1.29, 1.82) is 5.26 Å². The van der Waals surface area contributed by atoms with Crippen molar-refractivity contribution in [3.63, 3.8) is 0 Å². The first kappa shape index (κ1) is 13.0. The van der Waals surface area contributed by atoms with E-state index in [1.807, 2.05) is 24.3 Å². The highest BCUT2D eigenvalue weighted by molar-refractivity contribution is 9.10. The Hall–Kier alpha value is -2.00. The molecule has 1 aliphatic carbocycles. The third kappa shape index (κ3) is 2.25. The summed E-state index contributed by atoms with van der Waals surface area (Å²) in [7, 11) is 0. The molecule has 102 valence electrons. The molecule has 3 rings (SSSR count). The van der Waals surface area contributed by atoms with Gasteiger partial charge in [0.05, 0.1) is 5.69 Å². The molecule has 0 saturated heterocycles. The van der Waals surface area contributed by atoms with Gasteiger partial charge in [-0.15, -0.1) is 5.10 Å². The molecule has 5 nitrogen and oxygen atoms in total. The molecule has 1 aromatic heterocycles. The number of halogens is 1. The number of hydrogen-bond acceptors (Lipinski definition) is 4. The van der Waals surface area contributed by atoms with E-state index in [-0.39, 0.29) is 0 Å². The van der Waals surface area contributed by atoms with Crippen LogP contribution in [0.15, 0.2) is 28.7 Å². The molecule has 0 radical (unpaired) electrons. The van der Waals surface area contributed by atoms with Crippen molar-refractivity contribution < 1.29 is 0 Å². The SMILES string of the molecule is N#Cc1c(NC2CCC2)nn(-c2cccc(Br)c2)c1N. The number of hydrogen-bond donors (Lipinski definition) is 2. The quantitative estimate of drug-likeness (QED) is 0.905. The summed E-state index contributed by atoms with van der Waals surface area (Å²) in [5.74, 6) is 0.946. The molecule has 1 fully saturated rings. The monoisotopic (exact) mass is 331 g/mol. The van der Waals surface area contributed by atoms with Gasteiger partial charge in [0.25, 0.3) is 0 Å². The molecular formula is C14H14BrN5. The maximum absolute atomic E-state index is 9.29. The largest absolute Gasteiger partial charge is 0.382 e. The van der Waals surface area contributed by atoms with E-state index < -0.39 is 0 Å². The van der Waals surface area contributed by atoms with Gasteiger partial charge in [0.15, 0.2) is 5.82 Å². The normalized spacial score (nSPS) is 14.6. The van der Waals surface area contributed by atoms with Crippen LogP contribution in [0.1, 0.15) is 24.8 Å². The highest BCUT2D eigenvalue weighted by Crippen LogP contribution is 2.29. The Morgan fingerprint density at radius 2 is 2.25 bits per heavy atom. The molecule has 0 bridgehead atoms. The fraction of sp³-hybridized carbons (Fsp3) is 0.286. The zero-order valence-corrected chi connectivity index (χ0v) is 12.4. The smallest absolute Gasteiger partial charge is 0.168 e. The molecule has 3 N–H and O–H groups in total. The number of nitrogens with two attached hydrogens (primary N) is 1. The Bertz CT molecular complexity index is 681. The number of anilines is 2. The van der Waals surface area contributed by atoms with Crippen LogP contribution in [0.4, 0.5) is 11.6 Å². The van der Waals surface area contributed by atoms with Gasteiger partial charge in [-0.2, -0.15) is 5.26 Å². The van der Waals surface area contributed by atoms with Crippen LogP contribution in [0.5, 0.6) is 0 Å². The van der Waals surface area contributed by atoms with Crippen molar-refractivity contribution in [2.75, 3.05) is 11.1 Å². The van der Waals surface area contributed by atoms with Crippen molar-refractivity contribution in [1.82, 2.24) is 9.78 Å². The zero-order valence-electron chi connectivity index (χ0n) is 10.8. The Labute approximate surface area is 125 Å². The Balaban J connectivity index is 2.01. The first-order chi connectivity index (χ1) is 9.69. The predicted molar refractivity (Wildman–Crippen MR) is 81.7 cm³/mol. The van der Waals surface area contributed by atoms with Gasteiger partial charge < -0.3 is 11.1 Å². The number of nitrogens with one attached hydrogen (secondary N) is 1. The summed E-state index contributed by atoms with van der Waals surface area (Å²) in [5.41, 5.74) is 7.30. The van der Waals surface area contributed by atoms with Crippen molar-refractivity contribution in [2.24, 2.45) is 0 Å². The van der Waals surface area contributed by atoms with Crippen molar-refractivity contribution in [2.45, 2.75) is 25.3 Å². The van der Waals surface area contributed by atoms with Crippen LogP contribution in [0.2, 0.25) is 0 Å². The lowest BCUT2D eigenvalue weighted by Gasteiger charge is -2.26. The lowest BCUT2D eigenvalue weighted by Crippen LogP contribution is -2.27. The van der Waals surface area contributed by atoms with Crippen molar-refractivity contribution >= 4 is 27.6 Å². The second kappa shape index (κ2) is 5.17. The van der Waals surface area contributed by atoms with Crippen LogP contribution in [0, 0.1) is 11.3 Å². The van der Waals surface area contributed by atoms with Crippen LogP contribution in [-0.2, 0) is 0 Å². The summed E-state index contributed by atoms with van der Waals surface area (Å²) in [5, 5.41) is 17.0. The summed E-state index contributed by atoms with van der Waals surface area (Å²) in [4.78, 5) is 0. The van der Waals surface area contributed by atoms with E-state index in [0.29, 0.717) is 23.2 Å². The standard InChI is InChI=1S/C14H14BrN5/c15-9-3-1-6-11(7-9)20-13(17)12(8-16)14(19-20)18-10-4-2-5-10/h1,3,6-7,10H,2,4-5,17H2,(H,18,19). The van der Waals surface area contributed by atoms with Crippen LogP contribution in [0.3, 0.4) is 0 Å². The van der Waals surface area contributed by atoms with E-state index in [2.05, 4.69) is 32.4 Å². The lowest BCUT2D eigenvalue weighted by atomic mass is 9.93. The van der Waals surface area contributed by atoms with E-state index in [0.717, 1.165) is 23.0 Å². The van der Waals surface area contributed by atoms with Crippen molar-refractivity contribution in [3.05, 3.63) is 34.3 Å². The second-order valence-electron chi connectivity index (χ2n) is 4.88. The number of benzene rings is 1. The third-order valence-corrected chi connectivity index (χ3v) is 4.02. The fourth-order valence-electron chi connectivity index (χ4n) is 2.19. The number of nitrogen functional groups attached to an aromatic ring is 1. The van der Waals surface area contributed by atoms with Gasteiger partial charge in [-0.25, -0.2) is 4.68 Å². The molecule has 1 aliphatic rings. The Kier molecular flexibility index (Phi) is 3.36. The molecule has 0 unspecified atom stereocenters. The minimum absolute atomic E-state index is 0.368. The predicted octanol–water partition coefficient (Wildman–Crippen LogP) is 3.05. The minimum atomic E-state index is 0.368. The molecule has 0 amide bonds. The molecule has 0 spiro atoms. The third-order valence-electron chi connectivity index (χ3n) is 3.53. The highest BCUT2D eigenvalue weighted by atomic mass is 79.9. The molecular weight excluding hydrogens is 318 g/mol. The van der Waals surface area contributed by atoms with Gasteiger partial charge >= 0.3 is 0 Å². The van der Waals surface area contributed by atoms with Crippen LogP contribution in [0.25, 0.3) is 5.69 Å². The van der Waals surface area contributed by atoms with E-state index in [1.165, 1.54) is 6.42 Å². The maximum Gasteiger partial charge on any atom is 0.168 e. The molecule has 1 aromatic carbocycles. The van der Waals surface area contributed by atoms with Crippen LogP contribution >= 0.6 is 15.9 Å². The van der Waals surface area contributed by atoms with E-state index >= 15 is 0 Å². The van der Waals surface area contributed by atoms with Gasteiger partial charge in [0, 0.05) is 10.5 Å². The van der Waals surface area contributed by atoms with Crippen molar-refractivity contribution in [3.8, 4) is 11.8 Å². The van der Waals surface area contributed by atoms with Gasteiger partial charge in [-0.3, -0.25) is 0 Å². The average Bonchev–Trinajstić information content (AvgIpc) is 2.70. The number of nitrogens with zero attached hydrogens (tertiary/aromatic N) is 3. The summed E-state index contributed by atoms with van der Waals surface area (Å²) < 4.78 is 2.54. The molecule has 20 heavy (non-hydrogen) atoms. The molecule has 2 aromatic rings. The number of aromatic nitrogens is 2. The number of nitriles is 1. The first-order valence-corrected chi connectivity index (χ1v) is 7.29. The summed E-state index contributed by atoms with van der Waals surface area (Å²) in [6.45, 7) is 0. The summed E-state index contributed by atoms with van der Waals surface area (Å²) in [6.07, 6.45) is 3.46. The second-order valence-corrected chi connectivity index (χ2v) is 5.80. The average molecular weight is 332 g/mol. The zero-order chi connectivity index (χ0) is 14.1. The van der Waals surface area contributed by atoms with E-state index in [1.54, 1.807) is 4.68 Å². The van der Waals surface area contributed by atoms with Gasteiger partial charge in [-0.1, -0.05) is 22.0 Å². The molecule has 6 heteroatoms. The maximum atomic E-state index is 9.29.